The molecular weight excluding hydrogens is 284 g/mol. The Labute approximate surface area is 119 Å². The van der Waals surface area contributed by atoms with Crippen LogP contribution in [0.2, 0.25) is 5.22 Å². The van der Waals surface area contributed by atoms with E-state index in [2.05, 4.69) is 5.32 Å². The third kappa shape index (κ3) is 2.34. The Morgan fingerprint density at radius 1 is 1.05 bits per heavy atom. The molecule has 0 aliphatic rings. The molecule has 1 heterocycles. The smallest absolute Gasteiger partial charge is 0.199 e. The molecule has 0 spiro atoms. The van der Waals surface area contributed by atoms with Gasteiger partial charge in [0.05, 0.1) is 0 Å². The molecule has 0 aliphatic carbocycles. The first-order valence-corrected chi connectivity index (χ1v) is 6.38. The third-order valence-electron chi connectivity index (χ3n) is 3.04. The average Bonchev–Trinajstić information content (AvgIpc) is 2.76. The molecule has 0 saturated heterocycles. The number of fused-ring (bicyclic) bond motifs is 1. The maximum absolute atomic E-state index is 13.1. The Balaban J connectivity index is 1.86. The van der Waals surface area contributed by atoms with Crippen molar-refractivity contribution in [2.24, 2.45) is 0 Å². The van der Waals surface area contributed by atoms with Gasteiger partial charge in [0.15, 0.2) is 16.9 Å². The molecule has 5 heteroatoms. The molecule has 0 atom stereocenters. The van der Waals surface area contributed by atoms with E-state index in [1.807, 2.05) is 24.3 Å². The van der Waals surface area contributed by atoms with Crippen LogP contribution in [0.15, 0.2) is 46.9 Å². The van der Waals surface area contributed by atoms with Crippen LogP contribution in [0.3, 0.4) is 0 Å². The lowest BCUT2D eigenvalue weighted by molar-refractivity contribution is 0.509. The van der Waals surface area contributed by atoms with Crippen molar-refractivity contribution < 1.29 is 13.2 Å². The first-order chi connectivity index (χ1) is 9.65. The van der Waals surface area contributed by atoms with Crippen LogP contribution < -0.4 is 5.32 Å². The molecule has 3 rings (SSSR count). The van der Waals surface area contributed by atoms with Gasteiger partial charge in [-0.2, -0.15) is 0 Å². The highest BCUT2D eigenvalue weighted by atomic mass is 35.5. The highest BCUT2D eigenvalue weighted by molar-refractivity contribution is 6.30. The Hall–Kier alpha value is -2.07. The molecule has 20 heavy (non-hydrogen) atoms. The zero-order valence-electron chi connectivity index (χ0n) is 10.3. The van der Waals surface area contributed by atoms with Crippen molar-refractivity contribution in [1.29, 1.82) is 0 Å². The van der Waals surface area contributed by atoms with E-state index in [1.165, 1.54) is 6.07 Å². The number of furan rings is 1. The molecule has 102 valence electrons. The fourth-order valence-corrected chi connectivity index (χ4v) is 2.28. The number of nitrogens with one attached hydrogen (secondary N) is 1. The second kappa shape index (κ2) is 5.13. The summed E-state index contributed by atoms with van der Waals surface area (Å²) in [5, 5.41) is 4.19. The third-order valence-corrected chi connectivity index (χ3v) is 3.34. The van der Waals surface area contributed by atoms with Gasteiger partial charge in [0.25, 0.3) is 0 Å². The van der Waals surface area contributed by atoms with Crippen molar-refractivity contribution in [3.63, 3.8) is 0 Å². The maximum atomic E-state index is 13.1. The largest absolute Gasteiger partial charge is 0.444 e. The summed E-state index contributed by atoms with van der Waals surface area (Å²) in [7, 11) is 0. The molecule has 0 saturated carbocycles. The van der Waals surface area contributed by atoms with Gasteiger partial charge in [-0.25, -0.2) is 8.78 Å². The van der Waals surface area contributed by atoms with Crippen LogP contribution >= 0.6 is 11.6 Å². The summed E-state index contributed by atoms with van der Waals surface area (Å²) in [6.45, 7) is 0.362. The van der Waals surface area contributed by atoms with Crippen LogP contribution in [0.25, 0.3) is 11.0 Å². The summed E-state index contributed by atoms with van der Waals surface area (Å²) >= 11 is 6.05. The summed E-state index contributed by atoms with van der Waals surface area (Å²) in [5.41, 5.74) is 1.96. The van der Waals surface area contributed by atoms with Crippen LogP contribution in [-0.4, -0.2) is 0 Å². The maximum Gasteiger partial charge on any atom is 0.199 e. The first-order valence-electron chi connectivity index (χ1n) is 6.00. The first kappa shape index (κ1) is 12.9. The van der Waals surface area contributed by atoms with E-state index in [0.29, 0.717) is 23.0 Å². The lowest BCUT2D eigenvalue weighted by Gasteiger charge is -2.06. The predicted molar refractivity (Wildman–Crippen MR) is 74.9 cm³/mol. The molecule has 1 N–H and O–H groups in total. The predicted octanol–water partition coefficient (Wildman–Crippen LogP) is 4.98. The minimum absolute atomic E-state index is 0.293. The molecule has 0 radical (unpaired) electrons. The van der Waals surface area contributed by atoms with Crippen LogP contribution in [0.1, 0.15) is 5.56 Å². The van der Waals surface area contributed by atoms with Crippen molar-refractivity contribution in [2.45, 2.75) is 6.54 Å². The number of hydrogen-bond acceptors (Lipinski definition) is 2. The average molecular weight is 294 g/mol. The highest BCUT2D eigenvalue weighted by Crippen LogP contribution is 2.30. The molecular formula is C15H10ClF2NO. The SMILES string of the molecule is Fc1ccc(NCc2c(Cl)oc3ccccc23)cc1F. The zero-order chi connectivity index (χ0) is 14.1. The molecule has 1 aromatic heterocycles. The fraction of sp³-hybridized carbons (Fsp3) is 0.0667. The summed E-state index contributed by atoms with van der Waals surface area (Å²) in [6, 6.07) is 11.1. The number of para-hydroxylation sites is 1. The lowest BCUT2D eigenvalue weighted by Crippen LogP contribution is -2.00. The topological polar surface area (TPSA) is 25.2 Å². The fourth-order valence-electron chi connectivity index (χ4n) is 2.03. The normalized spacial score (nSPS) is 10.9. The van der Waals surface area contributed by atoms with Crippen molar-refractivity contribution in [3.8, 4) is 0 Å². The van der Waals surface area contributed by atoms with Crippen LogP contribution in [0.5, 0.6) is 0 Å². The van der Waals surface area contributed by atoms with Gasteiger partial charge in [-0.15, -0.1) is 0 Å². The second-order valence-electron chi connectivity index (χ2n) is 4.33. The quantitative estimate of drug-likeness (QED) is 0.737. The van der Waals surface area contributed by atoms with E-state index in [-0.39, 0.29) is 0 Å². The number of halogens is 3. The Morgan fingerprint density at radius 3 is 2.65 bits per heavy atom. The Bertz CT molecular complexity index is 770. The van der Waals surface area contributed by atoms with Gasteiger partial charge in [-0.3, -0.25) is 0 Å². The molecule has 0 bridgehead atoms. The van der Waals surface area contributed by atoms with Crippen LogP contribution in [-0.2, 0) is 6.54 Å². The number of rotatable bonds is 3. The number of benzene rings is 2. The van der Waals surface area contributed by atoms with Gasteiger partial charge in [-0.1, -0.05) is 18.2 Å². The van der Waals surface area contributed by atoms with E-state index in [0.717, 1.165) is 23.1 Å². The van der Waals surface area contributed by atoms with Crippen molar-refractivity contribution in [1.82, 2.24) is 0 Å². The molecule has 2 nitrogen and oxygen atoms in total. The minimum atomic E-state index is -0.891. The zero-order valence-corrected chi connectivity index (χ0v) is 11.0. The van der Waals surface area contributed by atoms with Gasteiger partial charge in [0, 0.05) is 29.2 Å². The summed E-state index contributed by atoms with van der Waals surface area (Å²) in [5.74, 6) is -1.76. The molecule has 0 aliphatic heterocycles. The van der Waals surface area contributed by atoms with Crippen LogP contribution in [0.4, 0.5) is 14.5 Å². The van der Waals surface area contributed by atoms with Crippen molar-refractivity contribution in [3.05, 3.63) is 64.9 Å². The van der Waals surface area contributed by atoms with Gasteiger partial charge in [0.2, 0.25) is 0 Å². The van der Waals surface area contributed by atoms with Gasteiger partial charge in [0.1, 0.15) is 5.58 Å². The number of anilines is 1. The van der Waals surface area contributed by atoms with Crippen molar-refractivity contribution >= 4 is 28.3 Å². The highest BCUT2D eigenvalue weighted by Gasteiger charge is 2.12. The Kier molecular flexibility index (Phi) is 3.32. The lowest BCUT2D eigenvalue weighted by atomic mass is 10.2. The van der Waals surface area contributed by atoms with Crippen molar-refractivity contribution in [2.75, 3.05) is 5.32 Å². The molecule has 0 unspecified atom stereocenters. The van der Waals surface area contributed by atoms with E-state index in [4.69, 9.17) is 16.0 Å². The molecule has 2 aromatic carbocycles. The van der Waals surface area contributed by atoms with Gasteiger partial charge >= 0.3 is 0 Å². The van der Waals surface area contributed by atoms with E-state index in [1.54, 1.807) is 0 Å². The van der Waals surface area contributed by atoms with Gasteiger partial charge < -0.3 is 9.73 Å². The monoisotopic (exact) mass is 293 g/mol. The summed E-state index contributed by atoms with van der Waals surface area (Å²) in [4.78, 5) is 0. The number of hydrogen-bond donors (Lipinski definition) is 1. The van der Waals surface area contributed by atoms with E-state index in [9.17, 15) is 8.78 Å². The Morgan fingerprint density at radius 2 is 1.85 bits per heavy atom. The summed E-state index contributed by atoms with van der Waals surface area (Å²) < 4.78 is 31.4. The van der Waals surface area contributed by atoms with E-state index < -0.39 is 11.6 Å². The summed E-state index contributed by atoms with van der Waals surface area (Å²) in [6.07, 6.45) is 0. The van der Waals surface area contributed by atoms with Crippen LogP contribution in [0, 0.1) is 11.6 Å². The molecule has 3 aromatic rings. The van der Waals surface area contributed by atoms with E-state index >= 15 is 0 Å². The molecule has 0 fully saturated rings. The minimum Gasteiger partial charge on any atom is -0.444 e. The second-order valence-corrected chi connectivity index (χ2v) is 4.68. The van der Waals surface area contributed by atoms with Gasteiger partial charge in [-0.05, 0) is 29.8 Å². The molecule has 0 amide bonds. The standard InChI is InChI=1S/C15H10ClF2NO/c16-15-11(10-3-1-2-4-14(10)20-15)8-19-9-5-6-12(17)13(18)7-9/h1-7,19H,8H2.